The predicted octanol–water partition coefficient (Wildman–Crippen LogP) is 5.34. The zero-order chi connectivity index (χ0) is 21.3. The van der Waals surface area contributed by atoms with E-state index in [1.165, 1.54) is 0 Å². The van der Waals surface area contributed by atoms with Crippen molar-refractivity contribution in [3.05, 3.63) is 96.1 Å². The summed E-state index contributed by atoms with van der Waals surface area (Å²) in [7, 11) is 1.65. The first-order valence-electron chi connectivity index (χ1n) is 10.5. The van der Waals surface area contributed by atoms with E-state index in [0.29, 0.717) is 6.42 Å². The van der Waals surface area contributed by atoms with E-state index in [4.69, 9.17) is 10.5 Å². The Morgan fingerprint density at radius 1 is 0.900 bits per heavy atom. The van der Waals surface area contributed by atoms with Crippen LogP contribution >= 0.6 is 0 Å². The predicted molar refractivity (Wildman–Crippen MR) is 123 cm³/mol. The summed E-state index contributed by atoms with van der Waals surface area (Å²) in [6.07, 6.45) is 2.63. The SMILES string of the molecule is CCCCC(C(N)=O)N(c1ccc(OC)cc1)C(c1ccccc1)c1ccccc1. The molecular formula is C26H30N2O2. The maximum Gasteiger partial charge on any atom is 0.240 e. The van der Waals surface area contributed by atoms with Crippen molar-refractivity contribution in [2.45, 2.75) is 38.3 Å². The number of hydrogen-bond acceptors (Lipinski definition) is 3. The summed E-state index contributed by atoms with van der Waals surface area (Å²) in [6, 6.07) is 27.8. The van der Waals surface area contributed by atoms with Crippen LogP contribution in [0.5, 0.6) is 5.75 Å². The molecule has 0 spiro atoms. The zero-order valence-electron chi connectivity index (χ0n) is 17.7. The molecule has 0 fully saturated rings. The largest absolute Gasteiger partial charge is 0.497 e. The Hall–Kier alpha value is -3.27. The maximum absolute atomic E-state index is 12.7. The molecule has 0 aliphatic heterocycles. The summed E-state index contributed by atoms with van der Waals surface area (Å²) in [5, 5.41) is 0. The van der Waals surface area contributed by atoms with E-state index in [1.807, 2.05) is 60.7 Å². The van der Waals surface area contributed by atoms with Crippen molar-refractivity contribution in [2.75, 3.05) is 12.0 Å². The summed E-state index contributed by atoms with van der Waals surface area (Å²) in [4.78, 5) is 14.8. The lowest BCUT2D eigenvalue weighted by Crippen LogP contribution is -2.47. The number of methoxy groups -OCH3 is 1. The van der Waals surface area contributed by atoms with Gasteiger partial charge >= 0.3 is 0 Å². The second kappa shape index (κ2) is 10.5. The van der Waals surface area contributed by atoms with Gasteiger partial charge in [0.15, 0.2) is 0 Å². The summed E-state index contributed by atoms with van der Waals surface area (Å²) in [6.45, 7) is 2.13. The Bertz CT molecular complexity index is 871. The number of carbonyl (C=O) groups excluding carboxylic acids is 1. The molecule has 0 saturated carbocycles. The standard InChI is InChI=1S/C26H30N2O2/c1-3-4-15-24(26(27)29)28(22-16-18-23(30-2)19-17-22)25(20-11-7-5-8-12-20)21-13-9-6-10-14-21/h5-14,16-19,24-25H,3-4,15H2,1-2H3,(H2,27,29). The van der Waals surface area contributed by atoms with Crippen LogP contribution in [0, 0.1) is 0 Å². The first-order valence-corrected chi connectivity index (χ1v) is 10.5. The maximum atomic E-state index is 12.7. The average Bonchev–Trinajstić information content (AvgIpc) is 2.80. The molecule has 156 valence electrons. The van der Waals surface area contributed by atoms with Gasteiger partial charge in [0.25, 0.3) is 0 Å². The summed E-state index contributed by atoms with van der Waals surface area (Å²) in [5.41, 5.74) is 9.13. The van der Waals surface area contributed by atoms with Gasteiger partial charge < -0.3 is 15.4 Å². The van der Waals surface area contributed by atoms with E-state index < -0.39 is 6.04 Å². The molecule has 3 rings (SSSR count). The number of unbranched alkanes of at least 4 members (excludes halogenated alkanes) is 1. The highest BCUT2D eigenvalue weighted by molar-refractivity contribution is 5.84. The second-order valence-corrected chi connectivity index (χ2v) is 7.39. The van der Waals surface area contributed by atoms with Crippen LogP contribution in [0.1, 0.15) is 43.4 Å². The third-order valence-electron chi connectivity index (χ3n) is 5.37. The number of nitrogens with two attached hydrogens (primary N) is 1. The minimum atomic E-state index is -0.427. The minimum absolute atomic E-state index is 0.143. The molecule has 0 aliphatic rings. The smallest absolute Gasteiger partial charge is 0.240 e. The highest BCUT2D eigenvalue weighted by atomic mass is 16.5. The van der Waals surface area contributed by atoms with Crippen molar-refractivity contribution in [3.63, 3.8) is 0 Å². The van der Waals surface area contributed by atoms with Crippen LogP contribution in [0.2, 0.25) is 0 Å². The Balaban J connectivity index is 2.18. The number of primary amides is 1. The molecule has 0 saturated heterocycles. The molecule has 1 atom stereocenters. The van der Waals surface area contributed by atoms with Crippen LogP contribution in [-0.4, -0.2) is 19.1 Å². The molecule has 1 unspecified atom stereocenters. The number of benzene rings is 3. The summed E-state index contributed by atoms with van der Waals surface area (Å²) < 4.78 is 5.34. The van der Waals surface area contributed by atoms with E-state index in [1.54, 1.807) is 7.11 Å². The molecule has 4 nitrogen and oxygen atoms in total. The monoisotopic (exact) mass is 402 g/mol. The number of carbonyl (C=O) groups is 1. The second-order valence-electron chi connectivity index (χ2n) is 7.39. The quantitative estimate of drug-likeness (QED) is 0.498. The molecule has 2 N–H and O–H groups in total. The van der Waals surface area contributed by atoms with Gasteiger partial charge in [-0.1, -0.05) is 80.4 Å². The molecule has 0 radical (unpaired) electrons. The van der Waals surface area contributed by atoms with Crippen molar-refractivity contribution in [3.8, 4) is 5.75 Å². The lowest BCUT2D eigenvalue weighted by molar-refractivity contribution is -0.119. The van der Waals surface area contributed by atoms with Crippen LogP contribution in [0.15, 0.2) is 84.9 Å². The Morgan fingerprint density at radius 2 is 1.43 bits per heavy atom. The Kier molecular flexibility index (Phi) is 7.50. The van der Waals surface area contributed by atoms with Crippen LogP contribution < -0.4 is 15.4 Å². The van der Waals surface area contributed by atoms with Gasteiger partial charge in [-0.05, 0) is 41.8 Å². The zero-order valence-corrected chi connectivity index (χ0v) is 17.7. The molecule has 3 aromatic carbocycles. The van der Waals surface area contributed by atoms with E-state index in [2.05, 4.69) is 36.1 Å². The van der Waals surface area contributed by atoms with Crippen molar-refractivity contribution < 1.29 is 9.53 Å². The van der Waals surface area contributed by atoms with Gasteiger partial charge in [-0.3, -0.25) is 4.79 Å². The first-order chi connectivity index (χ1) is 14.7. The van der Waals surface area contributed by atoms with Gasteiger partial charge in [0.1, 0.15) is 11.8 Å². The molecule has 1 amide bonds. The van der Waals surface area contributed by atoms with Crippen molar-refractivity contribution >= 4 is 11.6 Å². The number of ether oxygens (including phenoxy) is 1. The molecule has 0 aromatic heterocycles. The van der Waals surface area contributed by atoms with Gasteiger partial charge in [-0.25, -0.2) is 0 Å². The summed E-state index contributed by atoms with van der Waals surface area (Å²) in [5.74, 6) is 0.468. The van der Waals surface area contributed by atoms with Gasteiger partial charge in [0, 0.05) is 5.69 Å². The highest BCUT2D eigenvalue weighted by Gasteiger charge is 2.32. The van der Waals surface area contributed by atoms with E-state index in [0.717, 1.165) is 35.4 Å². The fourth-order valence-electron chi connectivity index (χ4n) is 3.86. The third-order valence-corrected chi connectivity index (χ3v) is 5.37. The Morgan fingerprint density at radius 3 is 1.87 bits per heavy atom. The topological polar surface area (TPSA) is 55.6 Å². The van der Waals surface area contributed by atoms with Crippen LogP contribution in [0.3, 0.4) is 0 Å². The normalized spacial score (nSPS) is 11.8. The number of anilines is 1. The Labute approximate surface area is 179 Å². The van der Waals surface area contributed by atoms with Crippen molar-refractivity contribution in [1.29, 1.82) is 0 Å². The van der Waals surface area contributed by atoms with Crippen LogP contribution in [0.25, 0.3) is 0 Å². The minimum Gasteiger partial charge on any atom is -0.497 e. The van der Waals surface area contributed by atoms with E-state index in [9.17, 15) is 4.79 Å². The van der Waals surface area contributed by atoms with Gasteiger partial charge in [0.2, 0.25) is 5.91 Å². The number of amides is 1. The average molecular weight is 403 g/mol. The van der Waals surface area contributed by atoms with E-state index >= 15 is 0 Å². The molecule has 30 heavy (non-hydrogen) atoms. The first kappa shape index (κ1) is 21.4. The van der Waals surface area contributed by atoms with E-state index in [-0.39, 0.29) is 11.9 Å². The van der Waals surface area contributed by atoms with Gasteiger partial charge in [-0.15, -0.1) is 0 Å². The highest BCUT2D eigenvalue weighted by Crippen LogP contribution is 2.36. The third kappa shape index (κ3) is 5.01. The number of hydrogen-bond donors (Lipinski definition) is 1. The fourth-order valence-corrected chi connectivity index (χ4v) is 3.86. The molecule has 4 heteroatoms. The number of rotatable bonds is 10. The fraction of sp³-hybridized carbons (Fsp3) is 0.269. The number of nitrogens with zero attached hydrogens (tertiary/aromatic N) is 1. The molecule has 3 aromatic rings. The lowest BCUT2D eigenvalue weighted by Gasteiger charge is -2.39. The molecule has 0 bridgehead atoms. The van der Waals surface area contributed by atoms with Crippen LogP contribution in [0.4, 0.5) is 5.69 Å². The van der Waals surface area contributed by atoms with Crippen molar-refractivity contribution in [2.24, 2.45) is 5.73 Å². The molecular weight excluding hydrogens is 372 g/mol. The molecule has 0 heterocycles. The lowest BCUT2D eigenvalue weighted by atomic mass is 9.93. The van der Waals surface area contributed by atoms with Crippen molar-refractivity contribution in [1.82, 2.24) is 0 Å². The van der Waals surface area contributed by atoms with Gasteiger partial charge in [-0.2, -0.15) is 0 Å². The van der Waals surface area contributed by atoms with Gasteiger partial charge in [0.05, 0.1) is 13.2 Å². The summed E-state index contributed by atoms with van der Waals surface area (Å²) >= 11 is 0. The van der Waals surface area contributed by atoms with Crippen LogP contribution in [-0.2, 0) is 4.79 Å². The molecule has 0 aliphatic carbocycles.